The molecule has 0 spiro atoms. The van der Waals surface area contributed by atoms with Crippen molar-refractivity contribution in [3.8, 4) is 5.75 Å². The second kappa shape index (κ2) is 11.3. The maximum atomic E-state index is 12.4. The number of rotatable bonds is 10. The van der Waals surface area contributed by atoms with Crippen LogP contribution < -0.4 is 15.7 Å². The van der Waals surface area contributed by atoms with Crippen LogP contribution >= 0.6 is 0 Å². The zero-order chi connectivity index (χ0) is 23.8. The third kappa shape index (κ3) is 6.57. The number of aryl methyl sites for hydroxylation is 1. The molecular weight excluding hydrogens is 418 g/mol. The molecule has 2 rings (SSSR count). The van der Waals surface area contributed by atoms with E-state index in [-0.39, 0.29) is 18.8 Å². The molecular formula is C23H29NO8. The van der Waals surface area contributed by atoms with Gasteiger partial charge in [0.2, 0.25) is 0 Å². The Morgan fingerprint density at radius 3 is 2.50 bits per heavy atom. The minimum Gasteiger partial charge on any atom is -0.497 e. The standard InChI is InChI=1S/C23H29NO8/c1-13(2)10-18(23(28)30-5)24-20(25)12-31-21(26)9-8-17-14(3)16-7-6-15(29-4)11-19(16)32-22(17)27/h6-7,11,13,18H,8-10,12H2,1-5H3,(H,24,25). The van der Waals surface area contributed by atoms with E-state index in [0.29, 0.717) is 28.9 Å². The van der Waals surface area contributed by atoms with Gasteiger partial charge in [0, 0.05) is 23.4 Å². The molecule has 0 aliphatic heterocycles. The molecule has 1 atom stereocenters. The van der Waals surface area contributed by atoms with Crippen LogP contribution in [-0.4, -0.2) is 44.7 Å². The summed E-state index contributed by atoms with van der Waals surface area (Å²) in [6, 6.07) is 4.36. The number of amides is 1. The van der Waals surface area contributed by atoms with Gasteiger partial charge in [-0.3, -0.25) is 9.59 Å². The van der Waals surface area contributed by atoms with E-state index in [1.54, 1.807) is 25.1 Å². The van der Waals surface area contributed by atoms with E-state index in [0.717, 1.165) is 5.39 Å². The maximum absolute atomic E-state index is 12.4. The largest absolute Gasteiger partial charge is 0.497 e. The quantitative estimate of drug-likeness (QED) is 0.435. The Hall–Kier alpha value is -3.36. The lowest BCUT2D eigenvalue weighted by atomic mass is 10.0. The van der Waals surface area contributed by atoms with Gasteiger partial charge in [0.05, 0.1) is 14.2 Å². The van der Waals surface area contributed by atoms with Gasteiger partial charge in [0.15, 0.2) is 6.61 Å². The highest BCUT2D eigenvalue weighted by atomic mass is 16.5. The van der Waals surface area contributed by atoms with E-state index in [1.165, 1.54) is 14.2 Å². The number of fused-ring (bicyclic) bond motifs is 1. The van der Waals surface area contributed by atoms with Crippen LogP contribution in [0.4, 0.5) is 0 Å². The molecule has 32 heavy (non-hydrogen) atoms. The minimum atomic E-state index is -0.810. The Kier molecular flexibility index (Phi) is 8.80. The molecule has 1 aromatic heterocycles. The normalized spacial score (nSPS) is 11.8. The third-order valence-electron chi connectivity index (χ3n) is 4.97. The Morgan fingerprint density at radius 2 is 1.88 bits per heavy atom. The molecule has 1 amide bonds. The molecule has 174 valence electrons. The summed E-state index contributed by atoms with van der Waals surface area (Å²) in [5, 5.41) is 3.25. The van der Waals surface area contributed by atoms with Crippen molar-refractivity contribution in [3.63, 3.8) is 0 Å². The van der Waals surface area contributed by atoms with E-state index >= 15 is 0 Å². The van der Waals surface area contributed by atoms with Gasteiger partial charge in [-0.05, 0) is 43.4 Å². The molecule has 9 heteroatoms. The van der Waals surface area contributed by atoms with Crippen molar-refractivity contribution in [1.29, 1.82) is 0 Å². The summed E-state index contributed by atoms with van der Waals surface area (Å²) in [4.78, 5) is 48.3. The summed E-state index contributed by atoms with van der Waals surface area (Å²) in [5.41, 5.74) is 0.936. The Balaban J connectivity index is 1.95. The van der Waals surface area contributed by atoms with Crippen LogP contribution in [0.25, 0.3) is 11.0 Å². The van der Waals surface area contributed by atoms with Crippen molar-refractivity contribution >= 4 is 28.8 Å². The highest BCUT2D eigenvalue weighted by molar-refractivity contribution is 5.86. The molecule has 0 radical (unpaired) electrons. The molecule has 9 nitrogen and oxygen atoms in total. The number of carbonyl (C=O) groups excluding carboxylic acids is 3. The lowest BCUT2D eigenvalue weighted by Gasteiger charge is -2.18. The predicted molar refractivity (Wildman–Crippen MR) is 116 cm³/mol. The molecule has 0 aliphatic rings. The van der Waals surface area contributed by atoms with Gasteiger partial charge < -0.3 is 23.9 Å². The van der Waals surface area contributed by atoms with Gasteiger partial charge >= 0.3 is 17.6 Å². The highest BCUT2D eigenvalue weighted by Gasteiger charge is 2.23. The zero-order valence-electron chi connectivity index (χ0n) is 19.0. The highest BCUT2D eigenvalue weighted by Crippen LogP contribution is 2.24. The molecule has 1 unspecified atom stereocenters. The average molecular weight is 447 g/mol. The fourth-order valence-corrected chi connectivity index (χ4v) is 3.30. The molecule has 2 aromatic rings. The summed E-state index contributed by atoms with van der Waals surface area (Å²) >= 11 is 0. The van der Waals surface area contributed by atoms with Gasteiger partial charge in [-0.25, -0.2) is 9.59 Å². The number of nitrogens with one attached hydrogen (secondary N) is 1. The summed E-state index contributed by atoms with van der Waals surface area (Å²) in [5.74, 6) is -1.09. The number of carbonyl (C=O) groups is 3. The van der Waals surface area contributed by atoms with Crippen LogP contribution in [-0.2, 0) is 30.3 Å². The lowest BCUT2D eigenvalue weighted by molar-refractivity contribution is -0.150. The monoisotopic (exact) mass is 447 g/mol. The van der Waals surface area contributed by atoms with Gasteiger partial charge in [-0.2, -0.15) is 0 Å². The fraction of sp³-hybridized carbons (Fsp3) is 0.478. The van der Waals surface area contributed by atoms with Crippen molar-refractivity contribution < 1.29 is 33.0 Å². The first-order valence-electron chi connectivity index (χ1n) is 10.3. The van der Waals surface area contributed by atoms with Crippen molar-refractivity contribution in [3.05, 3.63) is 39.7 Å². The summed E-state index contributed by atoms with van der Waals surface area (Å²) in [6.07, 6.45) is 0.400. The van der Waals surface area contributed by atoms with Crippen molar-refractivity contribution in [2.45, 2.75) is 46.1 Å². The lowest BCUT2D eigenvalue weighted by Crippen LogP contribution is -2.44. The molecule has 1 heterocycles. The van der Waals surface area contributed by atoms with E-state index in [9.17, 15) is 19.2 Å². The SMILES string of the molecule is COC(=O)C(CC(C)C)NC(=O)COC(=O)CCc1c(C)c2ccc(OC)cc2oc1=O. The van der Waals surface area contributed by atoms with E-state index in [2.05, 4.69) is 10.1 Å². The van der Waals surface area contributed by atoms with Crippen LogP contribution in [0.1, 0.15) is 37.8 Å². The van der Waals surface area contributed by atoms with Gasteiger partial charge in [-0.15, -0.1) is 0 Å². The number of esters is 2. The molecule has 0 aliphatic carbocycles. The molecule has 1 aromatic carbocycles. The number of benzene rings is 1. The number of hydrogen-bond acceptors (Lipinski definition) is 8. The van der Waals surface area contributed by atoms with E-state index < -0.39 is 36.1 Å². The second-order valence-corrected chi connectivity index (χ2v) is 7.79. The van der Waals surface area contributed by atoms with Gasteiger partial charge in [0.25, 0.3) is 5.91 Å². The Morgan fingerprint density at radius 1 is 1.16 bits per heavy atom. The van der Waals surface area contributed by atoms with Crippen LogP contribution in [0.2, 0.25) is 0 Å². The average Bonchev–Trinajstić information content (AvgIpc) is 2.75. The predicted octanol–water partition coefficient (Wildman–Crippen LogP) is 2.29. The maximum Gasteiger partial charge on any atom is 0.339 e. The zero-order valence-corrected chi connectivity index (χ0v) is 19.0. The summed E-state index contributed by atoms with van der Waals surface area (Å²) < 4.78 is 20.2. The van der Waals surface area contributed by atoms with Crippen molar-refractivity contribution in [2.75, 3.05) is 20.8 Å². The number of hydrogen-bond donors (Lipinski definition) is 1. The second-order valence-electron chi connectivity index (χ2n) is 7.79. The number of methoxy groups -OCH3 is 2. The fourth-order valence-electron chi connectivity index (χ4n) is 3.30. The first-order valence-corrected chi connectivity index (χ1v) is 10.3. The van der Waals surface area contributed by atoms with Crippen molar-refractivity contribution in [2.24, 2.45) is 5.92 Å². The molecule has 0 fully saturated rings. The first-order chi connectivity index (χ1) is 15.2. The van der Waals surface area contributed by atoms with Crippen LogP contribution in [0.3, 0.4) is 0 Å². The van der Waals surface area contributed by atoms with Crippen LogP contribution in [0, 0.1) is 12.8 Å². The van der Waals surface area contributed by atoms with E-state index in [4.69, 9.17) is 13.9 Å². The van der Waals surface area contributed by atoms with Crippen LogP contribution in [0.15, 0.2) is 27.4 Å². The molecule has 0 bridgehead atoms. The van der Waals surface area contributed by atoms with E-state index in [1.807, 2.05) is 13.8 Å². The van der Waals surface area contributed by atoms with Crippen LogP contribution in [0.5, 0.6) is 5.75 Å². The van der Waals surface area contributed by atoms with Gasteiger partial charge in [0.1, 0.15) is 17.4 Å². The summed E-state index contributed by atoms with van der Waals surface area (Å²) in [7, 11) is 2.76. The smallest absolute Gasteiger partial charge is 0.339 e. The molecule has 0 saturated heterocycles. The number of ether oxygens (including phenoxy) is 3. The first kappa shape index (κ1) is 24.9. The minimum absolute atomic E-state index is 0.104. The molecule has 0 saturated carbocycles. The van der Waals surface area contributed by atoms with Gasteiger partial charge in [-0.1, -0.05) is 13.8 Å². The Bertz CT molecular complexity index is 1040. The topological polar surface area (TPSA) is 121 Å². The Labute approximate surface area is 186 Å². The third-order valence-corrected chi connectivity index (χ3v) is 4.97. The van der Waals surface area contributed by atoms with Crippen molar-refractivity contribution in [1.82, 2.24) is 5.32 Å². The summed E-state index contributed by atoms with van der Waals surface area (Å²) in [6.45, 7) is 5.06. The molecule has 1 N–H and O–H groups in total.